The first kappa shape index (κ1) is 21.4. The van der Waals surface area contributed by atoms with Gasteiger partial charge in [-0.2, -0.15) is 0 Å². The molecule has 1 aliphatic heterocycles. The Kier molecular flexibility index (Phi) is 7.97. The monoisotopic (exact) mass is 404 g/mol. The first-order valence-electron chi connectivity index (χ1n) is 10.9. The molecule has 0 radical (unpaired) electrons. The summed E-state index contributed by atoms with van der Waals surface area (Å²) in [7, 11) is -2.81. The molecule has 6 heteroatoms. The molecule has 1 heterocycles. The van der Waals surface area contributed by atoms with Crippen molar-refractivity contribution in [2.45, 2.75) is 65.5 Å². The smallest absolute Gasteiger partial charge is 0.370 e. The van der Waals surface area contributed by atoms with Crippen LogP contribution in [0.4, 0.5) is 0 Å². The Morgan fingerprint density at radius 3 is 2.04 bits per heavy atom. The van der Waals surface area contributed by atoms with E-state index < -0.39 is 8.80 Å². The van der Waals surface area contributed by atoms with Gasteiger partial charge in [0, 0.05) is 50.0 Å². The minimum absolute atomic E-state index is 0.587. The predicted molar refractivity (Wildman–Crippen MR) is 115 cm³/mol. The molecular formula is C22H36N2O3Si. The third kappa shape index (κ3) is 5.17. The van der Waals surface area contributed by atoms with Crippen LogP contribution in [0.2, 0.25) is 0 Å². The Bertz CT molecular complexity index is 600. The summed E-state index contributed by atoms with van der Waals surface area (Å²) in [5.41, 5.74) is 1.30. The van der Waals surface area contributed by atoms with Gasteiger partial charge >= 0.3 is 8.80 Å². The van der Waals surface area contributed by atoms with Crippen LogP contribution in [0.25, 0.3) is 0 Å². The van der Waals surface area contributed by atoms with E-state index in [1.54, 1.807) is 0 Å². The largest absolute Gasteiger partial charge is 0.537 e. The van der Waals surface area contributed by atoms with Crippen molar-refractivity contribution in [2.75, 3.05) is 26.5 Å². The van der Waals surface area contributed by atoms with E-state index in [1.165, 1.54) is 37.7 Å². The standard InChI is InChI=1S/C22H36N2O3Si/c1-4-25-28(26-5-2,27-6-3)22-14-12-20(13-15-22)18-23-16-17-24(19-23)21-10-8-7-9-11-21/h12-17,21H,4-11,18-19H2,1-3H3. The molecule has 5 nitrogen and oxygen atoms in total. The summed E-state index contributed by atoms with van der Waals surface area (Å²) in [6.07, 6.45) is 11.4. The SMILES string of the molecule is CCO[Si](OCC)(OCC)c1ccc(CN2C=CN(C3CCCCC3)C2)cc1. The molecule has 3 rings (SSSR count). The summed E-state index contributed by atoms with van der Waals surface area (Å²) < 4.78 is 18.1. The third-order valence-corrected chi connectivity index (χ3v) is 8.60. The van der Waals surface area contributed by atoms with E-state index in [4.69, 9.17) is 13.3 Å². The van der Waals surface area contributed by atoms with Gasteiger partial charge < -0.3 is 23.1 Å². The van der Waals surface area contributed by atoms with Crippen LogP contribution in [0.1, 0.15) is 58.4 Å². The molecule has 1 saturated carbocycles. The fraction of sp³-hybridized carbons (Fsp3) is 0.636. The van der Waals surface area contributed by atoms with Crippen LogP contribution in [0, 0.1) is 0 Å². The summed E-state index contributed by atoms with van der Waals surface area (Å²) in [6.45, 7) is 9.66. The Balaban J connectivity index is 1.61. The van der Waals surface area contributed by atoms with Gasteiger partial charge in [-0.3, -0.25) is 0 Å². The van der Waals surface area contributed by atoms with E-state index in [-0.39, 0.29) is 0 Å². The molecule has 2 aliphatic rings. The lowest BCUT2D eigenvalue weighted by atomic mass is 9.95. The van der Waals surface area contributed by atoms with Crippen molar-refractivity contribution >= 4 is 14.0 Å². The second kappa shape index (κ2) is 10.4. The Labute approximate surface area is 171 Å². The van der Waals surface area contributed by atoms with Crippen molar-refractivity contribution in [3.63, 3.8) is 0 Å². The molecule has 1 aliphatic carbocycles. The number of nitrogens with zero attached hydrogens (tertiary/aromatic N) is 2. The van der Waals surface area contributed by atoms with Crippen molar-refractivity contribution in [1.82, 2.24) is 9.80 Å². The van der Waals surface area contributed by atoms with E-state index in [2.05, 4.69) is 46.5 Å². The van der Waals surface area contributed by atoms with Crippen LogP contribution in [0.5, 0.6) is 0 Å². The average Bonchev–Trinajstić information content (AvgIpc) is 3.18. The first-order chi connectivity index (χ1) is 13.7. The lowest BCUT2D eigenvalue weighted by Crippen LogP contribution is -2.56. The molecule has 1 aromatic carbocycles. The Morgan fingerprint density at radius 2 is 1.46 bits per heavy atom. The van der Waals surface area contributed by atoms with Crippen molar-refractivity contribution in [3.05, 3.63) is 42.2 Å². The number of benzene rings is 1. The maximum Gasteiger partial charge on any atom is 0.537 e. The van der Waals surface area contributed by atoms with Crippen LogP contribution in [-0.2, 0) is 19.8 Å². The first-order valence-corrected chi connectivity index (χ1v) is 12.6. The third-order valence-electron chi connectivity index (χ3n) is 5.55. The van der Waals surface area contributed by atoms with E-state index in [1.807, 2.05) is 20.8 Å². The van der Waals surface area contributed by atoms with Gasteiger partial charge in [0.2, 0.25) is 0 Å². The molecule has 0 N–H and O–H groups in total. The fourth-order valence-electron chi connectivity index (χ4n) is 4.23. The predicted octanol–water partition coefficient (Wildman–Crippen LogP) is 3.82. The molecule has 0 atom stereocenters. The molecule has 0 aromatic heterocycles. The zero-order chi connectivity index (χ0) is 19.8. The number of hydrogen-bond donors (Lipinski definition) is 0. The highest BCUT2D eigenvalue weighted by molar-refractivity contribution is 6.75. The molecular weight excluding hydrogens is 368 g/mol. The normalized spacial score (nSPS) is 18.2. The fourth-order valence-corrected chi connectivity index (χ4v) is 6.70. The maximum atomic E-state index is 6.02. The summed E-state index contributed by atoms with van der Waals surface area (Å²) >= 11 is 0. The quantitative estimate of drug-likeness (QED) is 0.554. The van der Waals surface area contributed by atoms with E-state index >= 15 is 0 Å². The van der Waals surface area contributed by atoms with Gasteiger partial charge in [0.15, 0.2) is 0 Å². The summed E-state index contributed by atoms with van der Waals surface area (Å²) in [4.78, 5) is 4.91. The van der Waals surface area contributed by atoms with Gasteiger partial charge in [0.1, 0.15) is 0 Å². The molecule has 1 aromatic rings. The van der Waals surface area contributed by atoms with Crippen molar-refractivity contribution < 1.29 is 13.3 Å². The van der Waals surface area contributed by atoms with E-state index in [0.717, 1.165) is 24.4 Å². The topological polar surface area (TPSA) is 34.2 Å². The van der Waals surface area contributed by atoms with E-state index in [0.29, 0.717) is 19.8 Å². The molecule has 1 fully saturated rings. The van der Waals surface area contributed by atoms with Crippen molar-refractivity contribution in [1.29, 1.82) is 0 Å². The average molecular weight is 405 g/mol. The maximum absolute atomic E-state index is 6.02. The minimum Gasteiger partial charge on any atom is -0.370 e. The van der Waals surface area contributed by atoms with Gasteiger partial charge in [-0.05, 0) is 39.2 Å². The lowest BCUT2D eigenvalue weighted by molar-refractivity contribution is 0.0859. The molecule has 28 heavy (non-hydrogen) atoms. The van der Waals surface area contributed by atoms with Crippen molar-refractivity contribution in [2.24, 2.45) is 0 Å². The minimum atomic E-state index is -2.81. The van der Waals surface area contributed by atoms with Crippen LogP contribution >= 0.6 is 0 Å². The molecule has 0 spiro atoms. The lowest BCUT2D eigenvalue weighted by Gasteiger charge is -2.32. The van der Waals surface area contributed by atoms with Crippen LogP contribution < -0.4 is 5.19 Å². The van der Waals surface area contributed by atoms with Gasteiger partial charge in [0.25, 0.3) is 0 Å². The van der Waals surface area contributed by atoms with E-state index in [9.17, 15) is 0 Å². The zero-order valence-electron chi connectivity index (χ0n) is 17.7. The summed E-state index contributed by atoms with van der Waals surface area (Å²) in [5, 5.41) is 1.04. The van der Waals surface area contributed by atoms with Crippen LogP contribution in [-0.4, -0.2) is 51.1 Å². The van der Waals surface area contributed by atoms with Gasteiger partial charge in [0.05, 0.1) is 6.67 Å². The van der Waals surface area contributed by atoms with Crippen molar-refractivity contribution in [3.8, 4) is 0 Å². The molecule has 156 valence electrons. The van der Waals surface area contributed by atoms with Crippen LogP contribution in [0.3, 0.4) is 0 Å². The highest BCUT2D eigenvalue weighted by Gasteiger charge is 2.43. The van der Waals surface area contributed by atoms with Gasteiger partial charge in [-0.15, -0.1) is 0 Å². The molecule has 0 bridgehead atoms. The molecule has 0 amide bonds. The zero-order valence-corrected chi connectivity index (χ0v) is 18.7. The second-order valence-corrected chi connectivity index (χ2v) is 10.1. The highest BCUT2D eigenvalue weighted by Crippen LogP contribution is 2.25. The second-order valence-electron chi connectivity index (χ2n) is 7.54. The summed E-state index contributed by atoms with van der Waals surface area (Å²) in [6, 6.07) is 9.35. The Morgan fingerprint density at radius 1 is 0.857 bits per heavy atom. The van der Waals surface area contributed by atoms with Gasteiger partial charge in [-0.25, -0.2) is 0 Å². The highest BCUT2D eigenvalue weighted by atomic mass is 28.4. The molecule has 0 saturated heterocycles. The van der Waals surface area contributed by atoms with Gasteiger partial charge in [-0.1, -0.05) is 43.5 Å². The number of rotatable bonds is 10. The van der Waals surface area contributed by atoms with Crippen LogP contribution in [0.15, 0.2) is 36.7 Å². The molecule has 0 unspecified atom stereocenters. The summed E-state index contributed by atoms with van der Waals surface area (Å²) in [5.74, 6) is 0. The number of hydrogen-bond acceptors (Lipinski definition) is 5. The Hall–Kier alpha value is -1.34.